The Bertz CT molecular complexity index is 571. The summed E-state index contributed by atoms with van der Waals surface area (Å²) in [5.74, 6) is 0.772. The van der Waals surface area contributed by atoms with Gasteiger partial charge >= 0.3 is 0 Å². The third kappa shape index (κ3) is 2.95. The Labute approximate surface area is 114 Å². The van der Waals surface area contributed by atoms with Crippen LogP contribution in [0.4, 0.5) is 0 Å². The fourth-order valence-electron chi connectivity index (χ4n) is 2.26. The lowest BCUT2D eigenvalue weighted by molar-refractivity contribution is 0.414. The number of nitriles is 1. The van der Waals surface area contributed by atoms with Gasteiger partial charge in [-0.1, -0.05) is 49.4 Å². The van der Waals surface area contributed by atoms with Crippen LogP contribution in [-0.4, -0.2) is 7.11 Å². The number of hydrogen-bond acceptors (Lipinski definition) is 2. The Hall–Kier alpha value is -2.27. The summed E-state index contributed by atoms with van der Waals surface area (Å²) >= 11 is 0. The standard InChI is InChI=1S/C17H17NO/c1-13(14-7-4-3-5-8-14)17(12-18)15-9-6-10-16(11-15)19-2/h3-11,13,17H,1-2H3. The van der Waals surface area contributed by atoms with Crippen molar-refractivity contribution in [1.82, 2.24) is 0 Å². The first-order valence-corrected chi connectivity index (χ1v) is 6.34. The molecule has 0 spiro atoms. The molecule has 0 fully saturated rings. The number of methoxy groups -OCH3 is 1. The summed E-state index contributed by atoms with van der Waals surface area (Å²) in [4.78, 5) is 0. The fraction of sp³-hybridized carbons (Fsp3) is 0.235. The van der Waals surface area contributed by atoms with Crippen molar-refractivity contribution in [2.75, 3.05) is 7.11 Å². The molecule has 0 aliphatic heterocycles. The van der Waals surface area contributed by atoms with Crippen LogP contribution in [0.5, 0.6) is 5.75 Å². The molecule has 0 amide bonds. The molecule has 0 N–H and O–H groups in total. The highest BCUT2D eigenvalue weighted by molar-refractivity contribution is 5.37. The van der Waals surface area contributed by atoms with Crippen molar-refractivity contribution in [2.24, 2.45) is 0 Å². The van der Waals surface area contributed by atoms with Crippen LogP contribution in [0.25, 0.3) is 0 Å². The minimum absolute atomic E-state index is 0.151. The van der Waals surface area contributed by atoms with E-state index in [2.05, 4.69) is 25.1 Å². The van der Waals surface area contributed by atoms with Crippen molar-refractivity contribution in [3.8, 4) is 11.8 Å². The molecular weight excluding hydrogens is 234 g/mol. The van der Waals surface area contributed by atoms with Crippen LogP contribution in [0.3, 0.4) is 0 Å². The van der Waals surface area contributed by atoms with Crippen molar-refractivity contribution < 1.29 is 4.74 Å². The van der Waals surface area contributed by atoms with E-state index in [-0.39, 0.29) is 11.8 Å². The van der Waals surface area contributed by atoms with Gasteiger partial charge in [0.2, 0.25) is 0 Å². The Balaban J connectivity index is 2.32. The van der Waals surface area contributed by atoms with Gasteiger partial charge in [-0.05, 0) is 23.3 Å². The van der Waals surface area contributed by atoms with Gasteiger partial charge in [-0.2, -0.15) is 5.26 Å². The van der Waals surface area contributed by atoms with E-state index in [9.17, 15) is 5.26 Å². The molecule has 0 saturated heterocycles. The highest BCUT2D eigenvalue weighted by Gasteiger charge is 2.20. The second kappa shape index (κ2) is 6.06. The lowest BCUT2D eigenvalue weighted by Gasteiger charge is -2.19. The van der Waals surface area contributed by atoms with Crippen molar-refractivity contribution in [3.05, 3.63) is 65.7 Å². The second-order valence-electron chi connectivity index (χ2n) is 4.58. The number of hydrogen-bond donors (Lipinski definition) is 0. The molecular formula is C17H17NO. The van der Waals surface area contributed by atoms with Gasteiger partial charge < -0.3 is 4.74 Å². The maximum atomic E-state index is 9.48. The van der Waals surface area contributed by atoms with Gasteiger partial charge in [0.1, 0.15) is 5.75 Å². The van der Waals surface area contributed by atoms with Crippen LogP contribution in [0.1, 0.15) is 29.9 Å². The SMILES string of the molecule is COc1cccc(C(C#N)C(C)c2ccccc2)c1. The molecule has 0 aromatic heterocycles. The van der Waals surface area contributed by atoms with Crippen LogP contribution in [-0.2, 0) is 0 Å². The highest BCUT2D eigenvalue weighted by Crippen LogP contribution is 2.33. The zero-order valence-electron chi connectivity index (χ0n) is 11.2. The fourth-order valence-corrected chi connectivity index (χ4v) is 2.26. The van der Waals surface area contributed by atoms with Crippen LogP contribution in [0.2, 0.25) is 0 Å². The summed E-state index contributed by atoms with van der Waals surface area (Å²) in [5, 5.41) is 9.48. The van der Waals surface area contributed by atoms with E-state index >= 15 is 0 Å². The van der Waals surface area contributed by atoms with E-state index in [1.807, 2.05) is 42.5 Å². The van der Waals surface area contributed by atoms with Crippen LogP contribution >= 0.6 is 0 Å². The Morgan fingerprint density at radius 2 is 1.68 bits per heavy atom. The van der Waals surface area contributed by atoms with Crippen molar-refractivity contribution >= 4 is 0 Å². The molecule has 2 unspecified atom stereocenters. The Kier molecular flexibility index (Phi) is 4.20. The smallest absolute Gasteiger partial charge is 0.119 e. The van der Waals surface area contributed by atoms with Gasteiger partial charge in [-0.15, -0.1) is 0 Å². The maximum absolute atomic E-state index is 9.48. The molecule has 0 bridgehead atoms. The first kappa shape index (κ1) is 13.2. The summed E-state index contributed by atoms with van der Waals surface area (Å²) in [7, 11) is 1.64. The van der Waals surface area contributed by atoms with Crippen molar-refractivity contribution in [3.63, 3.8) is 0 Å². The molecule has 19 heavy (non-hydrogen) atoms. The van der Waals surface area contributed by atoms with Crippen LogP contribution in [0, 0.1) is 11.3 Å². The molecule has 2 atom stereocenters. The van der Waals surface area contributed by atoms with E-state index < -0.39 is 0 Å². The van der Waals surface area contributed by atoms with Gasteiger partial charge in [-0.3, -0.25) is 0 Å². The summed E-state index contributed by atoms with van der Waals surface area (Å²) in [6, 6.07) is 20.3. The summed E-state index contributed by atoms with van der Waals surface area (Å²) in [6.07, 6.45) is 0. The molecule has 0 aliphatic carbocycles. The monoisotopic (exact) mass is 251 g/mol. The van der Waals surface area contributed by atoms with E-state index in [1.165, 1.54) is 5.56 Å². The Morgan fingerprint density at radius 1 is 1.00 bits per heavy atom. The van der Waals surface area contributed by atoms with E-state index in [0.29, 0.717) is 0 Å². The van der Waals surface area contributed by atoms with Gasteiger partial charge in [-0.25, -0.2) is 0 Å². The lowest BCUT2D eigenvalue weighted by atomic mass is 9.84. The molecule has 2 aromatic carbocycles. The first-order chi connectivity index (χ1) is 9.26. The minimum atomic E-state index is -0.169. The minimum Gasteiger partial charge on any atom is -0.497 e. The first-order valence-electron chi connectivity index (χ1n) is 6.34. The van der Waals surface area contributed by atoms with Crippen molar-refractivity contribution in [1.29, 1.82) is 5.26 Å². The van der Waals surface area contributed by atoms with Crippen LogP contribution in [0.15, 0.2) is 54.6 Å². The highest BCUT2D eigenvalue weighted by atomic mass is 16.5. The average molecular weight is 251 g/mol. The van der Waals surface area contributed by atoms with Crippen LogP contribution < -0.4 is 4.74 Å². The largest absolute Gasteiger partial charge is 0.497 e. The van der Waals surface area contributed by atoms with Gasteiger partial charge in [0.05, 0.1) is 19.1 Å². The van der Waals surface area contributed by atoms with Gasteiger partial charge in [0.15, 0.2) is 0 Å². The third-order valence-electron chi connectivity index (χ3n) is 3.42. The number of rotatable bonds is 4. The van der Waals surface area contributed by atoms with E-state index in [0.717, 1.165) is 11.3 Å². The number of benzene rings is 2. The molecule has 2 rings (SSSR count). The van der Waals surface area contributed by atoms with E-state index in [4.69, 9.17) is 4.74 Å². The third-order valence-corrected chi connectivity index (χ3v) is 3.42. The number of nitrogens with zero attached hydrogens (tertiary/aromatic N) is 1. The second-order valence-corrected chi connectivity index (χ2v) is 4.58. The summed E-state index contributed by atoms with van der Waals surface area (Å²) in [5.41, 5.74) is 2.18. The van der Waals surface area contributed by atoms with Gasteiger partial charge in [0, 0.05) is 5.92 Å². The average Bonchev–Trinajstić information content (AvgIpc) is 2.49. The predicted octanol–water partition coefficient (Wildman–Crippen LogP) is 4.11. The molecule has 0 radical (unpaired) electrons. The molecule has 2 aromatic rings. The molecule has 2 heteroatoms. The summed E-state index contributed by atoms with van der Waals surface area (Å²) in [6.45, 7) is 2.09. The Morgan fingerprint density at radius 3 is 2.32 bits per heavy atom. The maximum Gasteiger partial charge on any atom is 0.119 e. The zero-order valence-corrected chi connectivity index (χ0v) is 11.2. The molecule has 0 saturated carbocycles. The topological polar surface area (TPSA) is 33.0 Å². The molecule has 0 aliphatic rings. The van der Waals surface area contributed by atoms with Gasteiger partial charge in [0.25, 0.3) is 0 Å². The van der Waals surface area contributed by atoms with Crippen molar-refractivity contribution in [2.45, 2.75) is 18.8 Å². The normalized spacial score (nSPS) is 13.3. The lowest BCUT2D eigenvalue weighted by Crippen LogP contribution is -2.06. The summed E-state index contributed by atoms with van der Waals surface area (Å²) < 4.78 is 5.23. The molecule has 96 valence electrons. The molecule has 2 nitrogen and oxygen atoms in total. The predicted molar refractivity (Wildman–Crippen MR) is 76.2 cm³/mol. The number of ether oxygens (including phenoxy) is 1. The quantitative estimate of drug-likeness (QED) is 0.819. The molecule has 0 heterocycles. The zero-order chi connectivity index (χ0) is 13.7. The van der Waals surface area contributed by atoms with E-state index in [1.54, 1.807) is 7.11 Å².